The van der Waals surface area contributed by atoms with Gasteiger partial charge in [0.2, 0.25) is 0 Å². The molecule has 1 unspecified atom stereocenters. The Kier molecular flexibility index (Phi) is 6.70. The first-order valence-corrected chi connectivity index (χ1v) is 11.4. The fourth-order valence-electron chi connectivity index (χ4n) is 3.92. The topological polar surface area (TPSA) is 61.5 Å². The van der Waals surface area contributed by atoms with Crippen LogP contribution in [0.25, 0.3) is 11.3 Å². The number of carbonyl (C=O) groups is 1. The van der Waals surface area contributed by atoms with E-state index in [0.717, 1.165) is 36.6 Å². The Morgan fingerprint density at radius 1 is 1.03 bits per heavy atom. The number of rotatable bonds is 5. The third-order valence-electron chi connectivity index (χ3n) is 5.99. The number of nitrogens with zero attached hydrogens (tertiary/aromatic N) is 3. The SMILES string of the molecule is Cc1ccc(-c2cc(N3CCCN(C(=O)C(C)Oc4ccc(Cl)cc4)CC3)n[nH]2)cc1C. The number of nitrogens with one attached hydrogen (secondary N) is 1. The number of aryl methyl sites for hydroxylation is 2. The number of halogens is 1. The van der Waals surface area contributed by atoms with Crippen LogP contribution < -0.4 is 9.64 Å². The van der Waals surface area contributed by atoms with Crippen molar-refractivity contribution in [3.63, 3.8) is 0 Å². The van der Waals surface area contributed by atoms with Crippen LogP contribution in [0.3, 0.4) is 0 Å². The number of ether oxygens (including phenoxy) is 1. The smallest absolute Gasteiger partial charge is 0.263 e. The lowest BCUT2D eigenvalue weighted by Crippen LogP contribution is -2.42. The second-order valence-electron chi connectivity index (χ2n) is 8.32. The summed E-state index contributed by atoms with van der Waals surface area (Å²) in [4.78, 5) is 17.1. The number of aromatic amines is 1. The molecular weight excluding hydrogens is 424 g/mol. The van der Waals surface area contributed by atoms with E-state index in [9.17, 15) is 4.79 Å². The normalized spacial score (nSPS) is 15.4. The van der Waals surface area contributed by atoms with E-state index in [1.165, 1.54) is 11.1 Å². The summed E-state index contributed by atoms with van der Waals surface area (Å²) in [5.41, 5.74) is 4.68. The summed E-state index contributed by atoms with van der Waals surface area (Å²) in [6.07, 6.45) is 0.329. The van der Waals surface area contributed by atoms with Crippen molar-refractivity contribution in [2.24, 2.45) is 0 Å². The number of H-pyrrole nitrogens is 1. The Bertz CT molecular complexity index is 1080. The highest BCUT2D eigenvalue weighted by molar-refractivity contribution is 6.30. The minimum Gasteiger partial charge on any atom is -0.481 e. The lowest BCUT2D eigenvalue weighted by atomic mass is 10.0. The molecule has 0 bridgehead atoms. The van der Waals surface area contributed by atoms with Crippen molar-refractivity contribution < 1.29 is 9.53 Å². The Morgan fingerprint density at radius 3 is 2.56 bits per heavy atom. The van der Waals surface area contributed by atoms with Gasteiger partial charge in [0.25, 0.3) is 5.91 Å². The van der Waals surface area contributed by atoms with Crippen LogP contribution in [-0.4, -0.2) is 53.3 Å². The molecule has 1 aromatic heterocycles. The highest BCUT2D eigenvalue weighted by Gasteiger charge is 2.25. The zero-order valence-electron chi connectivity index (χ0n) is 18.8. The van der Waals surface area contributed by atoms with E-state index in [1.54, 1.807) is 31.2 Å². The van der Waals surface area contributed by atoms with Gasteiger partial charge in [0, 0.05) is 37.3 Å². The standard InChI is InChI=1S/C25H29ClN4O2/c1-17-5-6-20(15-18(17)2)23-16-24(28-27-23)29-11-4-12-30(14-13-29)25(31)19(3)32-22-9-7-21(26)8-10-22/h5-10,15-16,19H,4,11-14H2,1-3H3,(H,27,28). The van der Waals surface area contributed by atoms with Crippen molar-refractivity contribution in [2.45, 2.75) is 33.3 Å². The molecule has 1 N–H and O–H groups in total. The van der Waals surface area contributed by atoms with E-state index in [2.05, 4.69) is 53.2 Å². The number of benzene rings is 2. The van der Waals surface area contributed by atoms with E-state index in [0.29, 0.717) is 23.9 Å². The van der Waals surface area contributed by atoms with E-state index < -0.39 is 6.10 Å². The van der Waals surface area contributed by atoms with Gasteiger partial charge >= 0.3 is 0 Å². The third kappa shape index (κ3) is 5.07. The van der Waals surface area contributed by atoms with Crippen molar-refractivity contribution in [2.75, 3.05) is 31.1 Å². The Morgan fingerprint density at radius 2 is 1.81 bits per heavy atom. The monoisotopic (exact) mass is 452 g/mol. The van der Waals surface area contributed by atoms with Crippen molar-refractivity contribution in [3.05, 3.63) is 64.7 Å². The van der Waals surface area contributed by atoms with Gasteiger partial charge in [-0.3, -0.25) is 9.89 Å². The highest BCUT2D eigenvalue weighted by Crippen LogP contribution is 2.25. The third-order valence-corrected chi connectivity index (χ3v) is 6.24. The van der Waals surface area contributed by atoms with Crippen molar-refractivity contribution >= 4 is 23.3 Å². The number of hydrogen-bond acceptors (Lipinski definition) is 4. The van der Waals surface area contributed by atoms with Crippen molar-refractivity contribution in [1.82, 2.24) is 15.1 Å². The summed E-state index contributed by atoms with van der Waals surface area (Å²) in [5, 5.41) is 8.35. The first kappa shape index (κ1) is 22.2. The lowest BCUT2D eigenvalue weighted by Gasteiger charge is -2.25. The Hall–Kier alpha value is -2.99. The minimum atomic E-state index is -0.551. The first-order chi connectivity index (χ1) is 15.4. The predicted molar refractivity (Wildman–Crippen MR) is 128 cm³/mol. The fraction of sp³-hybridized carbons (Fsp3) is 0.360. The van der Waals surface area contributed by atoms with Gasteiger partial charge < -0.3 is 14.5 Å². The zero-order chi connectivity index (χ0) is 22.7. The van der Waals surface area contributed by atoms with Gasteiger partial charge in [0.05, 0.1) is 5.69 Å². The number of aromatic nitrogens is 2. The van der Waals surface area contributed by atoms with Crippen LogP contribution in [0.15, 0.2) is 48.5 Å². The maximum atomic E-state index is 12.9. The lowest BCUT2D eigenvalue weighted by molar-refractivity contribution is -0.137. The molecule has 1 aliphatic rings. The van der Waals surface area contributed by atoms with Gasteiger partial charge in [-0.2, -0.15) is 5.10 Å². The Balaban J connectivity index is 1.37. The summed E-state index contributed by atoms with van der Waals surface area (Å²) in [6.45, 7) is 8.96. The highest BCUT2D eigenvalue weighted by atomic mass is 35.5. The summed E-state index contributed by atoms with van der Waals surface area (Å²) in [5.74, 6) is 1.56. The molecule has 32 heavy (non-hydrogen) atoms. The van der Waals surface area contributed by atoms with E-state index in [1.807, 2.05) is 4.90 Å². The van der Waals surface area contributed by atoms with Crippen molar-refractivity contribution in [1.29, 1.82) is 0 Å². The van der Waals surface area contributed by atoms with Gasteiger partial charge in [-0.25, -0.2) is 0 Å². The van der Waals surface area contributed by atoms with Crippen LogP contribution in [0.2, 0.25) is 5.02 Å². The van der Waals surface area contributed by atoms with E-state index in [-0.39, 0.29) is 5.91 Å². The molecule has 2 aromatic carbocycles. The number of amides is 1. The van der Waals surface area contributed by atoms with Gasteiger partial charge in [-0.15, -0.1) is 0 Å². The molecule has 1 aliphatic heterocycles. The average molecular weight is 453 g/mol. The second kappa shape index (κ2) is 9.65. The van der Waals surface area contributed by atoms with E-state index >= 15 is 0 Å². The van der Waals surface area contributed by atoms with Crippen LogP contribution in [0.4, 0.5) is 5.82 Å². The van der Waals surface area contributed by atoms with Crippen LogP contribution in [-0.2, 0) is 4.79 Å². The summed E-state index contributed by atoms with van der Waals surface area (Å²) in [6, 6.07) is 15.6. The molecule has 168 valence electrons. The summed E-state index contributed by atoms with van der Waals surface area (Å²) >= 11 is 5.92. The van der Waals surface area contributed by atoms with E-state index in [4.69, 9.17) is 16.3 Å². The van der Waals surface area contributed by atoms with Gasteiger partial charge in [0.1, 0.15) is 5.75 Å². The summed E-state index contributed by atoms with van der Waals surface area (Å²) < 4.78 is 5.83. The largest absolute Gasteiger partial charge is 0.481 e. The Labute approximate surface area is 194 Å². The fourth-order valence-corrected chi connectivity index (χ4v) is 4.05. The zero-order valence-corrected chi connectivity index (χ0v) is 19.5. The quantitative estimate of drug-likeness (QED) is 0.601. The molecule has 4 rings (SSSR count). The number of anilines is 1. The van der Waals surface area contributed by atoms with Crippen LogP contribution in [0.5, 0.6) is 5.75 Å². The number of carbonyl (C=O) groups excluding carboxylic acids is 1. The molecule has 2 heterocycles. The first-order valence-electron chi connectivity index (χ1n) is 11.0. The second-order valence-corrected chi connectivity index (χ2v) is 8.76. The van der Waals surface area contributed by atoms with Crippen LogP contribution in [0.1, 0.15) is 24.5 Å². The molecule has 7 heteroatoms. The molecule has 1 atom stereocenters. The number of hydrogen-bond donors (Lipinski definition) is 1. The average Bonchev–Trinajstić information content (AvgIpc) is 3.15. The van der Waals surface area contributed by atoms with Crippen molar-refractivity contribution in [3.8, 4) is 17.0 Å². The molecule has 6 nitrogen and oxygen atoms in total. The molecule has 0 radical (unpaired) electrons. The molecule has 1 saturated heterocycles. The molecule has 1 fully saturated rings. The van der Waals surface area contributed by atoms with Crippen LogP contribution in [0, 0.1) is 13.8 Å². The predicted octanol–water partition coefficient (Wildman–Crippen LogP) is 4.85. The summed E-state index contributed by atoms with van der Waals surface area (Å²) in [7, 11) is 0. The molecule has 0 spiro atoms. The van der Waals surface area contributed by atoms with Gasteiger partial charge in [-0.05, 0) is 74.2 Å². The maximum absolute atomic E-state index is 12.9. The van der Waals surface area contributed by atoms with Gasteiger partial charge in [0.15, 0.2) is 11.9 Å². The molecule has 0 saturated carbocycles. The molecule has 0 aliphatic carbocycles. The molecule has 3 aromatic rings. The molecule has 1 amide bonds. The maximum Gasteiger partial charge on any atom is 0.263 e. The van der Waals surface area contributed by atoms with Crippen LogP contribution >= 0.6 is 11.6 Å². The minimum absolute atomic E-state index is 0.000326. The molecular formula is C25H29ClN4O2. The van der Waals surface area contributed by atoms with Gasteiger partial charge in [-0.1, -0.05) is 23.7 Å².